The minimum Gasteiger partial charge on any atom is -0.301 e. The summed E-state index contributed by atoms with van der Waals surface area (Å²) in [4.78, 5) is 14.4. The molecule has 2 aromatic carbocycles. The van der Waals surface area contributed by atoms with Crippen LogP contribution in [-0.2, 0) is 11.3 Å². The molecule has 0 spiro atoms. The zero-order valence-electron chi connectivity index (χ0n) is 14.9. The van der Waals surface area contributed by atoms with Crippen LogP contribution >= 0.6 is 11.6 Å². The van der Waals surface area contributed by atoms with Crippen LogP contribution in [-0.4, -0.2) is 30.9 Å². The van der Waals surface area contributed by atoms with Crippen LogP contribution in [0.3, 0.4) is 0 Å². The molecule has 0 fully saturated rings. The molecule has 0 saturated carbocycles. The van der Waals surface area contributed by atoms with Crippen molar-refractivity contribution in [3.63, 3.8) is 0 Å². The Bertz CT molecular complexity index is 760. The van der Waals surface area contributed by atoms with E-state index >= 15 is 0 Å². The molecule has 0 radical (unpaired) electrons. The van der Waals surface area contributed by atoms with E-state index in [1.807, 2.05) is 31.2 Å². The van der Waals surface area contributed by atoms with E-state index in [9.17, 15) is 4.79 Å². The molecule has 2 aromatic rings. The SMILES string of the molecule is CCNN(C(C)=O)c1cccc2c1CN(C)CC2c1ccc(Cl)cc1. The van der Waals surface area contributed by atoms with Crippen molar-refractivity contribution in [3.8, 4) is 0 Å². The summed E-state index contributed by atoms with van der Waals surface area (Å²) in [7, 11) is 2.12. The lowest BCUT2D eigenvalue weighted by Gasteiger charge is -2.36. The third-order valence-electron chi connectivity index (χ3n) is 4.63. The molecule has 1 aliphatic rings. The monoisotopic (exact) mass is 357 g/mol. The van der Waals surface area contributed by atoms with E-state index in [-0.39, 0.29) is 11.8 Å². The molecule has 1 aliphatic heterocycles. The van der Waals surface area contributed by atoms with Crippen LogP contribution in [0.15, 0.2) is 42.5 Å². The van der Waals surface area contributed by atoms with Crippen molar-refractivity contribution >= 4 is 23.2 Å². The summed E-state index contributed by atoms with van der Waals surface area (Å²) < 4.78 is 0. The van der Waals surface area contributed by atoms with E-state index in [1.165, 1.54) is 16.7 Å². The number of fused-ring (bicyclic) bond motifs is 1. The Morgan fingerprint density at radius 1 is 1.28 bits per heavy atom. The first-order valence-electron chi connectivity index (χ1n) is 8.61. The molecular formula is C20H24ClN3O. The number of rotatable bonds is 4. The Hall–Kier alpha value is -1.88. The maximum atomic E-state index is 12.1. The van der Waals surface area contributed by atoms with E-state index in [2.05, 4.69) is 35.6 Å². The van der Waals surface area contributed by atoms with Gasteiger partial charge >= 0.3 is 0 Å². The Morgan fingerprint density at radius 2 is 2.00 bits per heavy atom. The first-order chi connectivity index (χ1) is 12.0. The van der Waals surface area contributed by atoms with Gasteiger partial charge in [0.25, 0.3) is 0 Å². The van der Waals surface area contributed by atoms with Gasteiger partial charge in [0, 0.05) is 37.5 Å². The third kappa shape index (κ3) is 3.71. The predicted molar refractivity (Wildman–Crippen MR) is 103 cm³/mol. The quantitative estimate of drug-likeness (QED) is 0.845. The number of carbonyl (C=O) groups excluding carboxylic acids is 1. The summed E-state index contributed by atoms with van der Waals surface area (Å²) in [6.45, 7) is 6.04. The molecule has 0 aliphatic carbocycles. The zero-order valence-corrected chi connectivity index (χ0v) is 15.7. The lowest BCUT2D eigenvalue weighted by atomic mass is 9.84. The lowest BCUT2D eigenvalue weighted by Crippen LogP contribution is -2.43. The van der Waals surface area contributed by atoms with Gasteiger partial charge in [0.05, 0.1) is 5.69 Å². The maximum Gasteiger partial charge on any atom is 0.238 e. The van der Waals surface area contributed by atoms with Crippen LogP contribution in [0, 0.1) is 0 Å². The van der Waals surface area contributed by atoms with Crippen molar-refractivity contribution in [1.82, 2.24) is 10.3 Å². The van der Waals surface area contributed by atoms with Crippen LogP contribution in [0.2, 0.25) is 5.02 Å². The lowest BCUT2D eigenvalue weighted by molar-refractivity contribution is -0.117. The fraction of sp³-hybridized carbons (Fsp3) is 0.350. The molecule has 25 heavy (non-hydrogen) atoms. The van der Waals surface area contributed by atoms with Crippen LogP contribution in [0.5, 0.6) is 0 Å². The number of amides is 1. The number of hydrogen-bond acceptors (Lipinski definition) is 3. The number of anilines is 1. The molecule has 1 atom stereocenters. The van der Waals surface area contributed by atoms with Gasteiger partial charge in [0.15, 0.2) is 0 Å². The second-order valence-electron chi connectivity index (χ2n) is 6.51. The average molecular weight is 358 g/mol. The molecule has 3 rings (SSSR count). The molecular weight excluding hydrogens is 334 g/mol. The Labute approximate surface area is 154 Å². The summed E-state index contributed by atoms with van der Waals surface area (Å²) in [6, 6.07) is 14.3. The van der Waals surface area contributed by atoms with Crippen molar-refractivity contribution in [2.75, 3.05) is 25.1 Å². The molecule has 0 bridgehead atoms. The molecule has 4 nitrogen and oxygen atoms in total. The first-order valence-corrected chi connectivity index (χ1v) is 8.99. The van der Waals surface area contributed by atoms with Crippen LogP contribution < -0.4 is 10.4 Å². The van der Waals surface area contributed by atoms with Crippen molar-refractivity contribution in [1.29, 1.82) is 0 Å². The standard InChI is InChI=1S/C20H24ClN3O/c1-4-22-24(14(2)25)20-7-5-6-17-18(12-23(3)13-19(17)20)15-8-10-16(21)11-9-15/h5-11,18,22H,4,12-13H2,1-3H3. The second-order valence-corrected chi connectivity index (χ2v) is 6.95. The van der Waals surface area contributed by atoms with Crippen LogP contribution in [0.25, 0.3) is 0 Å². The van der Waals surface area contributed by atoms with E-state index < -0.39 is 0 Å². The number of hydrazine groups is 1. The van der Waals surface area contributed by atoms with Crippen LogP contribution in [0.1, 0.15) is 36.5 Å². The normalized spacial score (nSPS) is 17.2. The van der Waals surface area contributed by atoms with E-state index in [1.54, 1.807) is 11.9 Å². The molecule has 1 heterocycles. The van der Waals surface area contributed by atoms with Gasteiger partial charge < -0.3 is 4.90 Å². The fourth-order valence-electron chi connectivity index (χ4n) is 3.55. The highest BCUT2D eigenvalue weighted by atomic mass is 35.5. The van der Waals surface area contributed by atoms with Crippen molar-refractivity contribution < 1.29 is 4.79 Å². The number of nitrogens with zero attached hydrogens (tertiary/aromatic N) is 2. The van der Waals surface area contributed by atoms with Crippen molar-refractivity contribution in [3.05, 3.63) is 64.2 Å². The Balaban J connectivity index is 2.08. The van der Waals surface area contributed by atoms with Gasteiger partial charge in [-0.3, -0.25) is 4.79 Å². The minimum absolute atomic E-state index is 0.00785. The predicted octanol–water partition coefficient (Wildman–Crippen LogP) is 3.79. The summed E-state index contributed by atoms with van der Waals surface area (Å²) in [5.41, 5.74) is 7.84. The zero-order chi connectivity index (χ0) is 18.0. The number of nitrogens with one attached hydrogen (secondary N) is 1. The Kier molecular flexibility index (Phi) is 5.42. The van der Waals surface area contributed by atoms with E-state index in [0.29, 0.717) is 6.54 Å². The highest BCUT2D eigenvalue weighted by molar-refractivity contribution is 6.30. The van der Waals surface area contributed by atoms with E-state index in [0.717, 1.165) is 23.8 Å². The van der Waals surface area contributed by atoms with Crippen LogP contribution in [0.4, 0.5) is 5.69 Å². The highest BCUT2D eigenvalue weighted by Crippen LogP contribution is 2.37. The number of likely N-dealkylation sites (N-methyl/N-ethyl adjacent to an activating group) is 1. The molecule has 1 amide bonds. The molecule has 0 saturated heterocycles. The smallest absolute Gasteiger partial charge is 0.238 e. The summed E-state index contributed by atoms with van der Waals surface area (Å²) in [5.74, 6) is 0.257. The first kappa shape index (κ1) is 17.9. The molecule has 132 valence electrons. The minimum atomic E-state index is -0.00785. The van der Waals surface area contributed by atoms with Gasteiger partial charge in [0.2, 0.25) is 5.91 Å². The van der Waals surface area contributed by atoms with Gasteiger partial charge in [-0.05, 0) is 41.9 Å². The maximum absolute atomic E-state index is 12.1. The number of benzene rings is 2. The van der Waals surface area contributed by atoms with E-state index in [4.69, 9.17) is 11.6 Å². The fourth-order valence-corrected chi connectivity index (χ4v) is 3.68. The third-order valence-corrected chi connectivity index (χ3v) is 4.88. The number of carbonyl (C=O) groups is 1. The molecule has 1 unspecified atom stereocenters. The topological polar surface area (TPSA) is 35.6 Å². The highest BCUT2D eigenvalue weighted by Gasteiger charge is 2.28. The number of hydrogen-bond donors (Lipinski definition) is 1. The van der Waals surface area contributed by atoms with Crippen molar-refractivity contribution in [2.24, 2.45) is 0 Å². The van der Waals surface area contributed by atoms with Gasteiger partial charge in [-0.1, -0.05) is 42.8 Å². The van der Waals surface area contributed by atoms with Gasteiger partial charge in [-0.25, -0.2) is 10.4 Å². The molecule has 1 N–H and O–H groups in total. The van der Waals surface area contributed by atoms with Gasteiger partial charge in [-0.2, -0.15) is 0 Å². The molecule has 0 aromatic heterocycles. The molecule has 5 heteroatoms. The summed E-state index contributed by atoms with van der Waals surface area (Å²) in [5, 5.41) is 2.41. The van der Waals surface area contributed by atoms with Crippen molar-refractivity contribution in [2.45, 2.75) is 26.3 Å². The van der Waals surface area contributed by atoms with Gasteiger partial charge in [0.1, 0.15) is 0 Å². The summed E-state index contributed by atoms with van der Waals surface area (Å²) >= 11 is 6.05. The largest absolute Gasteiger partial charge is 0.301 e. The second kappa shape index (κ2) is 7.56. The number of halogens is 1. The van der Waals surface area contributed by atoms with Gasteiger partial charge in [-0.15, -0.1) is 0 Å². The average Bonchev–Trinajstić information content (AvgIpc) is 2.59. The summed E-state index contributed by atoms with van der Waals surface area (Å²) in [6.07, 6.45) is 0. The Morgan fingerprint density at radius 3 is 2.64 bits per heavy atom.